The van der Waals surface area contributed by atoms with Gasteiger partial charge in [0, 0.05) is 41.9 Å². The fourth-order valence-electron chi connectivity index (χ4n) is 10.7. The Labute approximate surface area is 224 Å². The summed E-state index contributed by atoms with van der Waals surface area (Å²) in [7, 11) is 0. The highest BCUT2D eigenvalue weighted by Gasteiger charge is 2.89. The van der Waals surface area contributed by atoms with Crippen molar-refractivity contribution in [2.75, 3.05) is 6.61 Å². The second-order valence-electron chi connectivity index (χ2n) is 13.9. The maximum absolute atomic E-state index is 14.7. The maximum Gasteiger partial charge on any atom is 0.309 e. The molecule has 2 bridgehead atoms. The first kappa shape index (κ1) is 24.8. The summed E-state index contributed by atoms with van der Waals surface area (Å²) in [5.74, 6) is -7.43. The van der Waals surface area contributed by atoms with E-state index >= 15 is 0 Å². The van der Waals surface area contributed by atoms with Crippen LogP contribution < -0.4 is 0 Å². The van der Waals surface area contributed by atoms with Gasteiger partial charge in [-0.15, -0.1) is 0 Å². The lowest BCUT2D eigenvalue weighted by atomic mass is 9.61. The van der Waals surface area contributed by atoms with E-state index in [1.807, 2.05) is 6.92 Å². The molecular formula is C28H34O11. The highest BCUT2D eigenvalue weighted by Crippen LogP contribution is 2.74. The number of Topliss-reactive ketones (excluding diaryl/α,β-unsaturated/α-hetero) is 2. The average molecular weight is 547 g/mol. The molecule has 2 N–H and O–H groups in total. The molecule has 6 saturated heterocycles. The number of esters is 2. The fourth-order valence-corrected chi connectivity index (χ4v) is 10.7. The molecule has 212 valence electrons. The SMILES string of the molecule is C[C@@H]1C(=O)[C@@]2(C)CC[C@]34C[C@]56OC(=O)C[C@H]5O[C@@](C)(CO)[C@@H]6CC[C@@]3(O)C(=O)[C@@]3(O[C@@]5(CCC(=O)O5)[C@@H]1[C@H]32)O4. The van der Waals surface area contributed by atoms with E-state index in [4.69, 9.17) is 23.7 Å². The molecule has 0 amide bonds. The minimum absolute atomic E-state index is 0.00628. The van der Waals surface area contributed by atoms with E-state index in [0.717, 1.165) is 0 Å². The van der Waals surface area contributed by atoms with E-state index in [2.05, 4.69) is 0 Å². The number of fused-ring (bicyclic) bond motifs is 1. The van der Waals surface area contributed by atoms with Gasteiger partial charge in [-0.1, -0.05) is 13.8 Å². The molecule has 4 spiro atoms. The second kappa shape index (κ2) is 6.75. The number of aliphatic hydroxyl groups is 2. The summed E-state index contributed by atoms with van der Waals surface area (Å²) < 4.78 is 31.5. The van der Waals surface area contributed by atoms with Crippen molar-refractivity contribution in [3.05, 3.63) is 0 Å². The third-order valence-corrected chi connectivity index (χ3v) is 12.2. The van der Waals surface area contributed by atoms with Crippen molar-refractivity contribution in [3.8, 4) is 0 Å². The molecular weight excluding hydrogens is 512 g/mol. The van der Waals surface area contributed by atoms with Crippen molar-refractivity contribution in [2.45, 2.75) is 112 Å². The topological polar surface area (TPSA) is 155 Å². The Bertz CT molecular complexity index is 1270. The first-order valence-electron chi connectivity index (χ1n) is 14.2. The number of ether oxygens (including phenoxy) is 5. The lowest BCUT2D eigenvalue weighted by Crippen LogP contribution is -2.60. The van der Waals surface area contributed by atoms with Crippen molar-refractivity contribution >= 4 is 23.5 Å². The summed E-state index contributed by atoms with van der Waals surface area (Å²) in [4.78, 5) is 53.7. The van der Waals surface area contributed by atoms with Crippen LogP contribution in [-0.2, 0) is 42.9 Å². The molecule has 8 fully saturated rings. The Hall–Kier alpha value is -1.92. The Morgan fingerprint density at radius 1 is 0.974 bits per heavy atom. The molecule has 0 aromatic heterocycles. The molecule has 39 heavy (non-hydrogen) atoms. The van der Waals surface area contributed by atoms with Crippen molar-refractivity contribution in [1.82, 2.24) is 0 Å². The molecule has 8 rings (SSSR count). The normalized spacial score (nSPS) is 60.5. The predicted molar refractivity (Wildman–Crippen MR) is 125 cm³/mol. The van der Waals surface area contributed by atoms with E-state index in [0.29, 0.717) is 6.42 Å². The number of rotatable bonds is 1. The van der Waals surface area contributed by atoms with Crippen LogP contribution in [0.1, 0.15) is 72.1 Å². The molecule has 11 nitrogen and oxygen atoms in total. The first-order chi connectivity index (χ1) is 18.2. The largest absolute Gasteiger partial charge is 0.456 e. The Balaban J connectivity index is 1.32. The van der Waals surface area contributed by atoms with Gasteiger partial charge in [0.05, 0.1) is 25.0 Å². The highest BCUT2D eigenvalue weighted by atomic mass is 16.8. The second-order valence-corrected chi connectivity index (χ2v) is 13.9. The van der Waals surface area contributed by atoms with Crippen molar-refractivity contribution in [1.29, 1.82) is 0 Å². The summed E-state index contributed by atoms with van der Waals surface area (Å²) in [6.45, 7) is 5.08. The van der Waals surface area contributed by atoms with E-state index in [-0.39, 0.29) is 57.3 Å². The lowest BCUT2D eigenvalue weighted by molar-refractivity contribution is -0.315. The van der Waals surface area contributed by atoms with Crippen LogP contribution in [0.3, 0.4) is 0 Å². The number of carbonyl (C=O) groups excluding carboxylic acids is 4. The Morgan fingerprint density at radius 3 is 2.44 bits per heavy atom. The van der Waals surface area contributed by atoms with Crippen LogP contribution in [0.2, 0.25) is 0 Å². The molecule has 12 atom stereocenters. The van der Waals surface area contributed by atoms with Crippen LogP contribution in [-0.4, -0.2) is 80.4 Å². The minimum atomic E-state index is -2.00. The van der Waals surface area contributed by atoms with Crippen LogP contribution in [0.4, 0.5) is 0 Å². The molecule has 0 aromatic carbocycles. The summed E-state index contributed by atoms with van der Waals surface area (Å²) in [6.07, 6.45) is 0.278. The van der Waals surface area contributed by atoms with Gasteiger partial charge in [-0.25, -0.2) is 0 Å². The van der Waals surface area contributed by atoms with E-state index < -0.39 is 86.9 Å². The summed E-state index contributed by atoms with van der Waals surface area (Å²) in [5, 5.41) is 22.8. The van der Waals surface area contributed by atoms with Gasteiger partial charge in [-0.05, 0) is 32.6 Å². The Morgan fingerprint density at radius 2 is 1.74 bits per heavy atom. The van der Waals surface area contributed by atoms with E-state index in [1.54, 1.807) is 13.8 Å². The number of hydrogen-bond acceptors (Lipinski definition) is 11. The Kier molecular flexibility index (Phi) is 4.30. The molecule has 2 aliphatic carbocycles. The summed E-state index contributed by atoms with van der Waals surface area (Å²) >= 11 is 0. The molecule has 0 aromatic rings. The zero-order chi connectivity index (χ0) is 27.6. The molecule has 0 radical (unpaired) electrons. The number of aliphatic hydroxyl groups excluding tert-OH is 1. The molecule has 8 aliphatic rings. The van der Waals surface area contributed by atoms with Crippen LogP contribution in [0.15, 0.2) is 0 Å². The predicted octanol–water partition coefficient (Wildman–Crippen LogP) is 0.702. The van der Waals surface area contributed by atoms with Crippen molar-refractivity contribution in [3.63, 3.8) is 0 Å². The smallest absolute Gasteiger partial charge is 0.309 e. The van der Waals surface area contributed by atoms with Gasteiger partial charge >= 0.3 is 11.9 Å². The third-order valence-electron chi connectivity index (χ3n) is 12.2. The van der Waals surface area contributed by atoms with Gasteiger partial charge in [0.2, 0.25) is 17.4 Å². The van der Waals surface area contributed by atoms with Crippen LogP contribution in [0.25, 0.3) is 0 Å². The number of carbonyl (C=O) groups is 4. The van der Waals surface area contributed by atoms with Crippen molar-refractivity contribution in [2.24, 2.45) is 29.1 Å². The standard InChI is InChI=1S/C28H34O11/c1-13-18-19-22(2,20(13)32)8-9-24-11-25-14(23(3,12-29)35-15(25)10-17(31)36-25)4-6-26(24,34)21(33)28(19,38-24)39-27(18)7-5-16(30)37-27/h13-15,18-19,29,34H,4-12H2,1-3H3/t13-,14-,15+,18-,19-,22-,23-,24-,25+,26+,27-,28+/m0/s1. The molecule has 0 unspecified atom stereocenters. The van der Waals surface area contributed by atoms with Crippen LogP contribution >= 0.6 is 0 Å². The van der Waals surface area contributed by atoms with Gasteiger partial charge in [-0.2, -0.15) is 0 Å². The lowest BCUT2D eigenvalue weighted by Gasteiger charge is -2.43. The quantitative estimate of drug-likeness (QED) is 0.447. The first-order valence-corrected chi connectivity index (χ1v) is 14.2. The summed E-state index contributed by atoms with van der Waals surface area (Å²) in [6, 6.07) is 0. The maximum atomic E-state index is 14.7. The van der Waals surface area contributed by atoms with Gasteiger partial charge in [0.25, 0.3) is 0 Å². The number of ketones is 2. The number of hydrogen-bond donors (Lipinski definition) is 2. The zero-order valence-electron chi connectivity index (χ0n) is 22.3. The molecule has 6 aliphatic heterocycles. The van der Waals surface area contributed by atoms with Crippen LogP contribution in [0.5, 0.6) is 0 Å². The fraction of sp³-hybridized carbons (Fsp3) is 0.857. The van der Waals surface area contributed by atoms with Gasteiger partial charge < -0.3 is 29.2 Å². The highest BCUT2D eigenvalue weighted by molar-refractivity contribution is 6.01. The van der Waals surface area contributed by atoms with Crippen molar-refractivity contribution < 1.29 is 53.1 Å². The van der Waals surface area contributed by atoms with E-state index in [1.165, 1.54) is 0 Å². The monoisotopic (exact) mass is 546 g/mol. The van der Waals surface area contributed by atoms with E-state index in [9.17, 15) is 29.4 Å². The molecule has 6 heterocycles. The molecule has 11 heteroatoms. The van der Waals surface area contributed by atoms with Gasteiger partial charge in [-0.3, -0.25) is 23.9 Å². The van der Waals surface area contributed by atoms with Gasteiger partial charge in [0.15, 0.2) is 5.60 Å². The molecule has 2 saturated carbocycles. The van der Waals surface area contributed by atoms with Gasteiger partial charge in [0.1, 0.15) is 23.1 Å². The average Bonchev–Trinajstić information content (AvgIpc) is 3.59. The zero-order valence-corrected chi connectivity index (χ0v) is 22.3. The summed E-state index contributed by atoms with van der Waals surface area (Å²) in [5.41, 5.74) is -6.81. The minimum Gasteiger partial charge on any atom is -0.456 e. The van der Waals surface area contributed by atoms with Crippen LogP contribution in [0, 0.1) is 29.1 Å². The third kappa shape index (κ3) is 2.40.